The van der Waals surface area contributed by atoms with E-state index in [2.05, 4.69) is 30.4 Å². The minimum atomic E-state index is -3.30. The highest BCUT2D eigenvalue weighted by molar-refractivity contribution is 5.98. The maximum absolute atomic E-state index is 13.0. The van der Waals surface area contributed by atoms with Crippen molar-refractivity contribution in [2.75, 3.05) is 0 Å². The average Bonchev–Trinajstić information content (AvgIpc) is 3.50. The summed E-state index contributed by atoms with van der Waals surface area (Å²) < 4.78 is 36.8. The lowest BCUT2D eigenvalue weighted by molar-refractivity contribution is -0.158. The number of hydrogen-bond donors (Lipinski definition) is 3. The molecule has 0 fully saturated rings. The summed E-state index contributed by atoms with van der Waals surface area (Å²) in [6.45, 7) is 0.871. The number of H-pyrrole nitrogens is 1. The molecule has 0 bridgehead atoms. The monoisotopic (exact) mass is 522 g/mol. The van der Waals surface area contributed by atoms with Crippen molar-refractivity contribution >= 4 is 28.6 Å². The van der Waals surface area contributed by atoms with Crippen LogP contribution in [0.1, 0.15) is 39.0 Å². The third-order valence-electron chi connectivity index (χ3n) is 5.43. The Labute approximate surface area is 212 Å². The van der Waals surface area contributed by atoms with Crippen molar-refractivity contribution in [3.63, 3.8) is 0 Å². The zero-order valence-corrected chi connectivity index (χ0v) is 19.8. The maximum atomic E-state index is 13.0. The summed E-state index contributed by atoms with van der Waals surface area (Å²) in [5, 5.41) is 9.56. The van der Waals surface area contributed by atoms with Gasteiger partial charge in [0, 0.05) is 32.1 Å². The molecule has 2 amide bonds. The molecule has 3 heterocycles. The zero-order valence-electron chi connectivity index (χ0n) is 19.8. The first-order valence-corrected chi connectivity index (χ1v) is 11.3. The van der Waals surface area contributed by atoms with E-state index in [1.165, 1.54) is 28.9 Å². The first kappa shape index (κ1) is 24.6. The predicted octanol–water partition coefficient (Wildman–Crippen LogP) is 3.02. The Bertz CT molecular complexity index is 1700. The number of hydrogen-bond acceptors (Lipinski definition) is 7. The second-order valence-corrected chi connectivity index (χ2v) is 8.39. The molecule has 3 aromatic heterocycles. The second-order valence-electron chi connectivity index (χ2n) is 8.39. The van der Waals surface area contributed by atoms with E-state index < -0.39 is 23.7 Å². The molecule has 0 aliphatic rings. The first-order chi connectivity index (χ1) is 18.1. The molecule has 0 aliphatic carbocycles. The number of aromatic nitrogens is 4. The van der Waals surface area contributed by atoms with Crippen molar-refractivity contribution in [2.24, 2.45) is 0 Å². The number of amides is 2. The van der Waals surface area contributed by atoms with Crippen LogP contribution in [0.15, 0.2) is 70.0 Å². The fraction of sp³-hybridized carbons (Fsp3) is 0.160. The topological polar surface area (TPSA) is 144 Å². The van der Waals surface area contributed by atoms with Gasteiger partial charge in [0.25, 0.3) is 11.8 Å². The lowest BCUT2D eigenvalue weighted by Crippen LogP contribution is -2.28. The molecule has 13 heteroatoms. The molecule has 11 nitrogen and oxygen atoms in total. The highest BCUT2D eigenvalue weighted by Crippen LogP contribution is 2.21. The SMILES string of the molecule is CC(F)(F)Oc1ccc(CNC(=O)c2cc(C(=O)NCc3ccc4oc(=O)[nH]c4c3)nc3ccnn23)cc1. The van der Waals surface area contributed by atoms with Crippen molar-refractivity contribution in [3.05, 3.63) is 93.9 Å². The Kier molecular flexibility index (Phi) is 6.33. The Morgan fingerprint density at radius 3 is 2.50 bits per heavy atom. The summed E-state index contributed by atoms with van der Waals surface area (Å²) in [6.07, 6.45) is -1.85. The molecule has 0 aliphatic heterocycles. The van der Waals surface area contributed by atoms with Crippen molar-refractivity contribution in [1.29, 1.82) is 0 Å². The van der Waals surface area contributed by atoms with Gasteiger partial charge in [-0.2, -0.15) is 13.9 Å². The molecule has 2 aromatic carbocycles. The van der Waals surface area contributed by atoms with Gasteiger partial charge >= 0.3 is 11.9 Å². The van der Waals surface area contributed by atoms with Gasteiger partial charge in [0.2, 0.25) is 0 Å². The van der Waals surface area contributed by atoms with Crippen LogP contribution in [-0.2, 0) is 13.1 Å². The van der Waals surface area contributed by atoms with Crippen LogP contribution in [0.3, 0.4) is 0 Å². The molecule has 0 atom stereocenters. The number of alkyl halides is 2. The number of nitrogens with zero attached hydrogens (tertiary/aromatic N) is 3. The van der Waals surface area contributed by atoms with E-state index in [1.807, 2.05) is 0 Å². The molecular weight excluding hydrogens is 502 g/mol. The van der Waals surface area contributed by atoms with E-state index in [1.54, 1.807) is 36.4 Å². The van der Waals surface area contributed by atoms with Gasteiger partial charge in [0.05, 0.1) is 11.7 Å². The summed E-state index contributed by atoms with van der Waals surface area (Å²) >= 11 is 0. The summed E-state index contributed by atoms with van der Waals surface area (Å²) in [5.41, 5.74) is 2.64. The van der Waals surface area contributed by atoms with Gasteiger partial charge in [-0.05, 0) is 35.4 Å². The van der Waals surface area contributed by atoms with Crippen LogP contribution in [0.5, 0.6) is 5.75 Å². The molecule has 5 rings (SSSR count). The molecule has 0 radical (unpaired) electrons. The fourth-order valence-corrected chi connectivity index (χ4v) is 3.73. The van der Waals surface area contributed by atoms with Crippen LogP contribution in [0.2, 0.25) is 0 Å². The smallest absolute Gasteiger partial charge is 0.417 e. The quantitative estimate of drug-likeness (QED) is 0.284. The standard InChI is InChI=1S/C25H20F2N6O5/c1-25(26,27)38-16-5-2-14(3-6-16)12-29-23(35)19-11-18(31-21-8-9-30-33(19)21)22(34)28-13-15-4-7-20-17(10-15)32-24(36)37-20/h2-11H,12-13H2,1H3,(H,28,34)(H,29,35)(H,32,36). The Hall–Kier alpha value is -5.07. The van der Waals surface area contributed by atoms with Crippen molar-refractivity contribution < 1.29 is 27.5 Å². The normalized spacial score (nSPS) is 11.6. The first-order valence-electron chi connectivity index (χ1n) is 11.3. The van der Waals surface area contributed by atoms with Crippen LogP contribution in [0.4, 0.5) is 8.78 Å². The lowest BCUT2D eigenvalue weighted by atomic mass is 10.2. The Morgan fingerprint density at radius 2 is 1.74 bits per heavy atom. The number of carbonyl (C=O) groups excluding carboxylic acids is 2. The van der Waals surface area contributed by atoms with Crippen LogP contribution >= 0.6 is 0 Å². The Balaban J connectivity index is 1.28. The van der Waals surface area contributed by atoms with E-state index in [0.29, 0.717) is 34.8 Å². The number of benzene rings is 2. The number of oxazole rings is 1. The second kappa shape index (κ2) is 9.76. The van der Waals surface area contributed by atoms with Gasteiger partial charge in [-0.3, -0.25) is 14.6 Å². The molecule has 0 saturated carbocycles. The highest BCUT2D eigenvalue weighted by atomic mass is 19.3. The number of nitrogens with one attached hydrogen (secondary N) is 3. The van der Waals surface area contributed by atoms with Crippen LogP contribution in [0, 0.1) is 0 Å². The van der Waals surface area contributed by atoms with Crippen LogP contribution in [0.25, 0.3) is 16.7 Å². The lowest BCUT2D eigenvalue weighted by Gasteiger charge is -2.13. The van der Waals surface area contributed by atoms with Gasteiger partial charge in [-0.15, -0.1) is 0 Å². The summed E-state index contributed by atoms with van der Waals surface area (Å²) in [6, 6.07) is 13.7. The molecule has 38 heavy (non-hydrogen) atoms. The van der Waals surface area contributed by atoms with E-state index in [4.69, 9.17) is 4.42 Å². The minimum Gasteiger partial charge on any atom is -0.433 e. The van der Waals surface area contributed by atoms with Crippen molar-refractivity contribution in [2.45, 2.75) is 26.1 Å². The van der Waals surface area contributed by atoms with E-state index >= 15 is 0 Å². The molecule has 0 unspecified atom stereocenters. The van der Waals surface area contributed by atoms with Gasteiger partial charge in [0.1, 0.15) is 17.1 Å². The van der Waals surface area contributed by atoms with E-state index in [-0.39, 0.29) is 30.2 Å². The number of rotatable bonds is 8. The van der Waals surface area contributed by atoms with E-state index in [9.17, 15) is 23.2 Å². The highest BCUT2D eigenvalue weighted by Gasteiger charge is 2.23. The van der Waals surface area contributed by atoms with E-state index in [0.717, 1.165) is 0 Å². The van der Waals surface area contributed by atoms with Gasteiger partial charge in [-0.25, -0.2) is 14.3 Å². The molecule has 0 spiro atoms. The number of aromatic amines is 1. The fourth-order valence-electron chi connectivity index (χ4n) is 3.73. The zero-order chi connectivity index (χ0) is 26.9. The van der Waals surface area contributed by atoms with Crippen LogP contribution in [-0.4, -0.2) is 37.5 Å². The number of carbonyl (C=O) groups is 2. The maximum Gasteiger partial charge on any atom is 0.417 e. The van der Waals surface area contributed by atoms with Gasteiger partial charge in [0.15, 0.2) is 11.2 Å². The molecule has 3 N–H and O–H groups in total. The van der Waals surface area contributed by atoms with Gasteiger partial charge in [-0.1, -0.05) is 18.2 Å². The number of halogens is 2. The molecular formula is C25H20F2N6O5. The van der Waals surface area contributed by atoms with Gasteiger partial charge < -0.3 is 19.8 Å². The number of ether oxygens (including phenoxy) is 1. The minimum absolute atomic E-state index is 0.00272. The summed E-state index contributed by atoms with van der Waals surface area (Å²) in [7, 11) is 0. The Morgan fingerprint density at radius 1 is 1.03 bits per heavy atom. The predicted molar refractivity (Wildman–Crippen MR) is 130 cm³/mol. The third-order valence-corrected chi connectivity index (χ3v) is 5.43. The molecule has 5 aromatic rings. The van der Waals surface area contributed by atoms with Crippen LogP contribution < -0.4 is 21.1 Å². The van der Waals surface area contributed by atoms with Crippen molar-refractivity contribution in [1.82, 2.24) is 30.2 Å². The molecule has 0 saturated heterocycles. The summed E-state index contributed by atoms with van der Waals surface area (Å²) in [4.78, 5) is 44.0. The largest absolute Gasteiger partial charge is 0.433 e. The number of fused-ring (bicyclic) bond motifs is 2. The molecule has 194 valence electrons. The third kappa shape index (κ3) is 5.51. The van der Waals surface area contributed by atoms with Crippen molar-refractivity contribution in [3.8, 4) is 5.75 Å². The summed E-state index contributed by atoms with van der Waals surface area (Å²) in [5.74, 6) is -1.62. The average molecular weight is 522 g/mol.